The zero-order chi connectivity index (χ0) is 27.1. The van der Waals surface area contributed by atoms with Crippen LogP contribution in [0.15, 0.2) is 30.3 Å². The van der Waals surface area contributed by atoms with Crippen molar-refractivity contribution in [2.45, 2.75) is 37.8 Å². The lowest BCUT2D eigenvalue weighted by Crippen LogP contribution is -2.53. The number of phenolic OH excluding ortho intramolecular Hbond substituents is 1. The smallest absolute Gasteiger partial charge is 0.327 e. The van der Waals surface area contributed by atoms with Crippen molar-refractivity contribution < 1.29 is 29.0 Å². The highest BCUT2D eigenvalue weighted by Gasteiger charge is 2.55. The molecule has 2 aromatic carbocycles. The first kappa shape index (κ1) is 27.2. The van der Waals surface area contributed by atoms with Gasteiger partial charge in [0, 0.05) is 26.8 Å². The number of benzene rings is 2. The molecule has 0 radical (unpaired) electrons. The van der Waals surface area contributed by atoms with Crippen LogP contribution in [0.25, 0.3) is 0 Å². The third kappa shape index (κ3) is 5.29. The summed E-state index contributed by atoms with van der Waals surface area (Å²) in [5.74, 6) is -0.726. The van der Waals surface area contributed by atoms with Crippen LogP contribution in [0.1, 0.15) is 21.5 Å². The summed E-state index contributed by atoms with van der Waals surface area (Å²) in [5, 5.41) is 12.7. The molecule has 0 aliphatic carbocycles. The zero-order valence-electron chi connectivity index (χ0n) is 21.1. The van der Waals surface area contributed by atoms with E-state index in [4.69, 9.17) is 32.7 Å². The molecule has 198 valence electrons. The summed E-state index contributed by atoms with van der Waals surface area (Å²) in [6, 6.07) is 8.14. The molecule has 4 amide bonds. The fourth-order valence-corrected chi connectivity index (χ4v) is 5.61. The van der Waals surface area contributed by atoms with Gasteiger partial charge in [0.1, 0.15) is 12.5 Å². The topological polar surface area (TPSA) is 108 Å². The molecule has 37 heavy (non-hydrogen) atoms. The number of phenols is 1. The molecule has 4 rings (SSSR count). The molecule has 0 unspecified atom stereocenters. The van der Waals surface area contributed by atoms with E-state index in [1.165, 1.54) is 24.1 Å². The number of aromatic hydroxyl groups is 1. The van der Waals surface area contributed by atoms with Crippen molar-refractivity contribution in [3.8, 4) is 11.5 Å². The Labute approximate surface area is 226 Å². The normalized spacial score (nSPS) is 19.5. The van der Waals surface area contributed by atoms with E-state index in [2.05, 4.69) is 25.0 Å². The van der Waals surface area contributed by atoms with Crippen LogP contribution in [0.2, 0.25) is 35.7 Å². The summed E-state index contributed by atoms with van der Waals surface area (Å²) >= 11 is 12.4. The predicted molar refractivity (Wildman–Crippen MR) is 142 cm³/mol. The molecule has 0 saturated carbocycles. The van der Waals surface area contributed by atoms with Crippen molar-refractivity contribution in [1.29, 1.82) is 0 Å². The molecular formula is C25H29Cl2N3O6Si. The average Bonchev–Trinajstić information content (AvgIpc) is 3.27. The number of fused-ring (bicyclic) bond motifs is 1. The number of imide groups is 1. The van der Waals surface area contributed by atoms with Crippen LogP contribution < -0.4 is 10.1 Å². The van der Waals surface area contributed by atoms with E-state index >= 15 is 0 Å². The summed E-state index contributed by atoms with van der Waals surface area (Å²) in [7, 11) is 0.141. The van der Waals surface area contributed by atoms with Crippen molar-refractivity contribution >= 4 is 49.1 Å². The number of nitrogens with one attached hydrogen (secondary N) is 1. The first-order valence-electron chi connectivity index (χ1n) is 11.7. The number of carbonyl (C=O) groups excluding carboxylic acids is 3. The second kappa shape index (κ2) is 10.2. The van der Waals surface area contributed by atoms with E-state index in [0.29, 0.717) is 17.9 Å². The fourth-order valence-electron chi connectivity index (χ4n) is 4.36. The van der Waals surface area contributed by atoms with Crippen LogP contribution in [-0.4, -0.2) is 67.8 Å². The molecule has 2 N–H and O–H groups in total. The number of hydrogen-bond acceptors (Lipinski definition) is 6. The van der Waals surface area contributed by atoms with E-state index < -0.39 is 25.6 Å². The first-order valence-corrected chi connectivity index (χ1v) is 16.2. The minimum Gasteiger partial charge on any atom is -0.505 e. The summed E-state index contributed by atoms with van der Waals surface area (Å²) in [6.45, 7) is 6.84. The minimum atomic E-state index is -1.69. The molecule has 1 atom stereocenters. The Balaban J connectivity index is 1.67. The Kier molecular flexibility index (Phi) is 7.49. The average molecular weight is 567 g/mol. The predicted octanol–water partition coefficient (Wildman–Crippen LogP) is 4.42. The third-order valence-corrected chi connectivity index (χ3v) is 8.81. The second-order valence-corrected chi connectivity index (χ2v) is 16.8. The van der Waals surface area contributed by atoms with Crippen molar-refractivity contribution in [3.05, 3.63) is 57.1 Å². The van der Waals surface area contributed by atoms with E-state index in [9.17, 15) is 19.5 Å². The standard InChI is InChI=1S/C25H29Cl2N3O6Si/c1-35-17-6-5-15-12-29(22(32)18(15)11-17)13-25(16-9-19(26)21(31)20(27)10-16)23(33)30(24(34)28-25)14-36-7-8-37(2,3)4/h5-6,9-11,31H,7-8,12-14H2,1-4H3,(H,28,34)/t25-/m0/s1. The van der Waals surface area contributed by atoms with Gasteiger partial charge in [-0.2, -0.15) is 0 Å². The number of hydrogen-bond donors (Lipinski definition) is 2. The van der Waals surface area contributed by atoms with Crippen molar-refractivity contribution in [2.75, 3.05) is 27.0 Å². The van der Waals surface area contributed by atoms with Crippen LogP contribution >= 0.6 is 23.2 Å². The Morgan fingerprint density at radius 2 is 1.78 bits per heavy atom. The largest absolute Gasteiger partial charge is 0.505 e. The Morgan fingerprint density at radius 3 is 2.41 bits per heavy atom. The molecule has 9 nitrogen and oxygen atoms in total. The monoisotopic (exact) mass is 565 g/mol. The number of ether oxygens (including phenoxy) is 2. The lowest BCUT2D eigenvalue weighted by atomic mass is 9.88. The van der Waals surface area contributed by atoms with Gasteiger partial charge >= 0.3 is 6.03 Å². The van der Waals surface area contributed by atoms with Gasteiger partial charge in [-0.25, -0.2) is 9.69 Å². The van der Waals surface area contributed by atoms with Gasteiger partial charge in [-0.15, -0.1) is 0 Å². The SMILES string of the molecule is COc1ccc2c(c1)C(=O)N(C[C@@]1(c3cc(Cl)c(O)c(Cl)c3)NC(=O)N(COCC[Si](C)(C)C)C1=O)C2. The maximum Gasteiger partial charge on any atom is 0.327 e. The minimum absolute atomic E-state index is 0.0884. The highest BCUT2D eigenvalue weighted by Crippen LogP contribution is 2.40. The Hall–Kier alpha value is -2.79. The molecular weight excluding hydrogens is 537 g/mol. The molecule has 1 fully saturated rings. The van der Waals surface area contributed by atoms with E-state index in [0.717, 1.165) is 16.5 Å². The molecule has 2 aliphatic heterocycles. The van der Waals surface area contributed by atoms with Crippen LogP contribution in [0, 0.1) is 0 Å². The molecule has 2 heterocycles. The van der Waals surface area contributed by atoms with E-state index in [-0.39, 0.29) is 47.1 Å². The fraction of sp³-hybridized carbons (Fsp3) is 0.400. The van der Waals surface area contributed by atoms with E-state index in [1.807, 2.05) is 0 Å². The summed E-state index contributed by atoms with van der Waals surface area (Å²) in [6.07, 6.45) is 0. The summed E-state index contributed by atoms with van der Waals surface area (Å²) in [5.41, 5.74) is -0.225. The van der Waals surface area contributed by atoms with Gasteiger partial charge < -0.3 is 24.8 Å². The second-order valence-electron chi connectivity index (χ2n) is 10.4. The van der Waals surface area contributed by atoms with Crippen LogP contribution in [0.4, 0.5) is 4.79 Å². The van der Waals surface area contributed by atoms with Crippen molar-refractivity contribution in [2.24, 2.45) is 0 Å². The number of urea groups is 1. The van der Waals surface area contributed by atoms with Gasteiger partial charge in [0.05, 0.1) is 23.7 Å². The third-order valence-electron chi connectivity index (χ3n) is 6.53. The Bertz CT molecular complexity index is 1240. The summed E-state index contributed by atoms with van der Waals surface area (Å²) in [4.78, 5) is 42.7. The number of amides is 4. The molecule has 0 spiro atoms. The molecule has 2 aromatic rings. The van der Waals surface area contributed by atoms with Gasteiger partial charge in [-0.05, 0) is 41.4 Å². The summed E-state index contributed by atoms with van der Waals surface area (Å²) < 4.78 is 10.9. The highest BCUT2D eigenvalue weighted by molar-refractivity contribution is 6.76. The van der Waals surface area contributed by atoms with Gasteiger partial charge in [0.2, 0.25) is 0 Å². The van der Waals surface area contributed by atoms with Crippen LogP contribution in [0.3, 0.4) is 0 Å². The first-order chi connectivity index (χ1) is 17.4. The van der Waals surface area contributed by atoms with Gasteiger partial charge in [-0.1, -0.05) is 48.9 Å². The molecule has 1 saturated heterocycles. The number of rotatable bonds is 9. The molecule has 2 aliphatic rings. The van der Waals surface area contributed by atoms with Crippen LogP contribution in [0.5, 0.6) is 11.5 Å². The lowest BCUT2D eigenvalue weighted by Gasteiger charge is -2.32. The molecule has 0 bridgehead atoms. The molecule has 12 heteroatoms. The molecule has 0 aromatic heterocycles. The maximum atomic E-state index is 13.9. The van der Waals surface area contributed by atoms with Crippen LogP contribution in [-0.2, 0) is 21.6 Å². The van der Waals surface area contributed by atoms with Gasteiger partial charge in [-0.3, -0.25) is 9.59 Å². The van der Waals surface area contributed by atoms with Crippen molar-refractivity contribution in [3.63, 3.8) is 0 Å². The highest BCUT2D eigenvalue weighted by atomic mass is 35.5. The Morgan fingerprint density at radius 1 is 1.11 bits per heavy atom. The van der Waals surface area contributed by atoms with E-state index in [1.54, 1.807) is 18.2 Å². The van der Waals surface area contributed by atoms with Crippen molar-refractivity contribution in [1.82, 2.24) is 15.1 Å². The number of halogens is 2. The number of nitrogens with zero attached hydrogens (tertiary/aromatic N) is 2. The number of methoxy groups -OCH3 is 1. The number of carbonyl (C=O) groups is 3. The lowest BCUT2D eigenvalue weighted by molar-refractivity contribution is -0.135. The van der Waals surface area contributed by atoms with Gasteiger partial charge in [0.25, 0.3) is 11.8 Å². The maximum absolute atomic E-state index is 13.9. The quantitative estimate of drug-likeness (QED) is 0.264. The van der Waals surface area contributed by atoms with Gasteiger partial charge in [0.15, 0.2) is 11.3 Å². The zero-order valence-corrected chi connectivity index (χ0v) is 23.6.